The number of hydrogen-bond donors (Lipinski definition) is 1. The van der Waals surface area contributed by atoms with Gasteiger partial charge >= 0.3 is 0 Å². The Labute approximate surface area is 111 Å². The molecular weight excluding hydrogens is 250 g/mol. The summed E-state index contributed by atoms with van der Waals surface area (Å²) >= 11 is 0. The van der Waals surface area contributed by atoms with Gasteiger partial charge in [-0.3, -0.25) is 4.79 Å². The van der Waals surface area contributed by atoms with E-state index in [9.17, 15) is 13.6 Å². The number of alkyl halides is 2. The van der Waals surface area contributed by atoms with Crippen molar-refractivity contribution >= 4 is 5.91 Å². The monoisotopic (exact) mass is 268 g/mol. The third-order valence-electron chi connectivity index (χ3n) is 3.36. The van der Waals surface area contributed by atoms with Gasteiger partial charge in [-0.15, -0.1) is 0 Å². The standard InChI is InChI=1S/C14H18F2N2O/c1-17-10-11-2-4-12(5-3-11)13(19)18-8-6-14(15,16)7-9-18/h2-5,17H,6-10H2,1H3. The normalized spacial score (nSPS) is 18.4. The summed E-state index contributed by atoms with van der Waals surface area (Å²) < 4.78 is 26.1. The Kier molecular flexibility index (Phi) is 4.14. The van der Waals surface area contributed by atoms with Gasteiger partial charge in [-0.2, -0.15) is 0 Å². The maximum atomic E-state index is 13.0. The Hall–Kier alpha value is -1.49. The maximum absolute atomic E-state index is 13.0. The zero-order valence-corrected chi connectivity index (χ0v) is 11.0. The topological polar surface area (TPSA) is 32.3 Å². The van der Waals surface area contributed by atoms with Gasteiger partial charge < -0.3 is 10.2 Å². The quantitative estimate of drug-likeness (QED) is 0.912. The smallest absolute Gasteiger partial charge is 0.253 e. The summed E-state index contributed by atoms with van der Waals surface area (Å²) in [6.45, 7) is 0.999. The van der Waals surface area contributed by atoms with Crippen molar-refractivity contribution in [3.63, 3.8) is 0 Å². The van der Waals surface area contributed by atoms with E-state index in [2.05, 4.69) is 5.32 Å². The second-order valence-electron chi connectivity index (χ2n) is 4.88. The van der Waals surface area contributed by atoms with Crippen molar-refractivity contribution in [1.82, 2.24) is 10.2 Å². The predicted octanol–water partition coefficient (Wildman–Crippen LogP) is 2.28. The minimum absolute atomic E-state index is 0.129. The van der Waals surface area contributed by atoms with Gasteiger partial charge in [0.1, 0.15) is 0 Å². The summed E-state index contributed by atoms with van der Waals surface area (Å²) in [5.74, 6) is -2.78. The zero-order valence-electron chi connectivity index (χ0n) is 11.0. The summed E-state index contributed by atoms with van der Waals surface area (Å²) in [6.07, 6.45) is -0.479. The van der Waals surface area contributed by atoms with E-state index in [1.54, 1.807) is 12.1 Å². The molecule has 2 rings (SSSR count). The molecule has 1 N–H and O–H groups in total. The van der Waals surface area contributed by atoms with Crippen molar-refractivity contribution in [2.45, 2.75) is 25.3 Å². The average molecular weight is 268 g/mol. The van der Waals surface area contributed by atoms with Gasteiger partial charge in [-0.05, 0) is 24.7 Å². The van der Waals surface area contributed by atoms with Crippen LogP contribution in [0.1, 0.15) is 28.8 Å². The summed E-state index contributed by atoms with van der Waals surface area (Å²) in [5.41, 5.74) is 1.65. The SMILES string of the molecule is CNCc1ccc(C(=O)N2CCC(F)(F)CC2)cc1. The van der Waals surface area contributed by atoms with Crippen LogP contribution in [0, 0.1) is 0 Å². The molecule has 0 atom stereocenters. The first-order chi connectivity index (χ1) is 9.02. The van der Waals surface area contributed by atoms with Gasteiger partial charge in [0.05, 0.1) is 0 Å². The Morgan fingerprint density at radius 1 is 1.26 bits per heavy atom. The molecule has 0 bridgehead atoms. The van der Waals surface area contributed by atoms with Crippen LogP contribution < -0.4 is 5.32 Å². The molecule has 3 nitrogen and oxygen atoms in total. The lowest BCUT2D eigenvalue weighted by Crippen LogP contribution is -2.42. The number of benzene rings is 1. The van der Waals surface area contributed by atoms with Crippen LogP contribution >= 0.6 is 0 Å². The van der Waals surface area contributed by atoms with Crippen molar-refractivity contribution in [3.8, 4) is 0 Å². The molecule has 0 radical (unpaired) electrons. The second-order valence-corrected chi connectivity index (χ2v) is 4.88. The minimum Gasteiger partial charge on any atom is -0.338 e. The van der Waals surface area contributed by atoms with Crippen LogP contribution in [0.5, 0.6) is 0 Å². The van der Waals surface area contributed by atoms with Crippen molar-refractivity contribution in [1.29, 1.82) is 0 Å². The number of piperidine rings is 1. The van der Waals surface area contributed by atoms with Crippen LogP contribution in [-0.2, 0) is 6.54 Å². The number of amides is 1. The number of hydrogen-bond acceptors (Lipinski definition) is 2. The van der Waals surface area contributed by atoms with Crippen LogP contribution in [0.4, 0.5) is 8.78 Å². The van der Waals surface area contributed by atoms with E-state index in [4.69, 9.17) is 0 Å². The zero-order chi connectivity index (χ0) is 13.9. The first-order valence-electron chi connectivity index (χ1n) is 6.42. The molecule has 0 aromatic heterocycles. The minimum atomic E-state index is -2.62. The van der Waals surface area contributed by atoms with Crippen molar-refractivity contribution < 1.29 is 13.6 Å². The Morgan fingerprint density at radius 2 is 1.84 bits per heavy atom. The largest absolute Gasteiger partial charge is 0.338 e. The molecule has 1 saturated heterocycles. The number of carbonyl (C=O) groups excluding carboxylic acids is 1. The van der Waals surface area contributed by atoms with E-state index in [1.165, 1.54) is 4.90 Å². The van der Waals surface area contributed by atoms with Gasteiger partial charge in [0.2, 0.25) is 0 Å². The van der Waals surface area contributed by atoms with Gasteiger partial charge in [0.25, 0.3) is 11.8 Å². The molecule has 1 aromatic carbocycles. The number of carbonyl (C=O) groups is 1. The van der Waals surface area contributed by atoms with Crippen LogP contribution in [0.3, 0.4) is 0 Å². The molecule has 1 fully saturated rings. The van der Waals surface area contributed by atoms with Crippen LogP contribution in [0.15, 0.2) is 24.3 Å². The molecule has 0 spiro atoms. The molecule has 1 amide bonds. The van der Waals surface area contributed by atoms with E-state index in [-0.39, 0.29) is 31.8 Å². The van der Waals surface area contributed by atoms with Gasteiger partial charge in [-0.1, -0.05) is 12.1 Å². The van der Waals surface area contributed by atoms with E-state index in [1.807, 2.05) is 19.2 Å². The lowest BCUT2D eigenvalue weighted by Gasteiger charge is -2.31. The maximum Gasteiger partial charge on any atom is 0.253 e. The predicted molar refractivity (Wildman–Crippen MR) is 69.3 cm³/mol. The number of halogens is 2. The highest BCUT2D eigenvalue weighted by molar-refractivity contribution is 5.94. The first-order valence-corrected chi connectivity index (χ1v) is 6.42. The van der Waals surface area contributed by atoms with Crippen molar-refractivity contribution in [3.05, 3.63) is 35.4 Å². The highest BCUT2D eigenvalue weighted by atomic mass is 19.3. The molecule has 19 heavy (non-hydrogen) atoms. The molecule has 1 aliphatic heterocycles. The van der Waals surface area contributed by atoms with Crippen LogP contribution in [0.2, 0.25) is 0 Å². The molecule has 104 valence electrons. The number of rotatable bonds is 3. The van der Waals surface area contributed by atoms with Gasteiger partial charge in [0, 0.05) is 38.0 Å². The second kappa shape index (κ2) is 5.65. The molecule has 1 aliphatic rings. The van der Waals surface area contributed by atoms with Crippen molar-refractivity contribution in [2.24, 2.45) is 0 Å². The number of nitrogens with one attached hydrogen (secondary N) is 1. The summed E-state index contributed by atoms with van der Waals surface area (Å²) in [4.78, 5) is 13.6. The van der Waals surface area contributed by atoms with Crippen LogP contribution in [-0.4, -0.2) is 36.9 Å². The molecule has 0 aliphatic carbocycles. The third-order valence-corrected chi connectivity index (χ3v) is 3.36. The van der Waals surface area contributed by atoms with Crippen LogP contribution in [0.25, 0.3) is 0 Å². The van der Waals surface area contributed by atoms with Crippen molar-refractivity contribution in [2.75, 3.05) is 20.1 Å². The van der Waals surface area contributed by atoms with E-state index >= 15 is 0 Å². The molecule has 0 unspecified atom stereocenters. The first kappa shape index (κ1) is 13.9. The fourth-order valence-electron chi connectivity index (χ4n) is 2.19. The van der Waals surface area contributed by atoms with E-state index in [0.717, 1.165) is 12.1 Å². The molecule has 5 heteroatoms. The number of nitrogens with zero attached hydrogens (tertiary/aromatic N) is 1. The highest BCUT2D eigenvalue weighted by Gasteiger charge is 2.35. The Morgan fingerprint density at radius 3 is 2.37 bits per heavy atom. The third kappa shape index (κ3) is 3.50. The highest BCUT2D eigenvalue weighted by Crippen LogP contribution is 2.28. The van der Waals surface area contributed by atoms with Gasteiger partial charge in [0.15, 0.2) is 0 Å². The molecule has 0 saturated carbocycles. The summed E-state index contributed by atoms with van der Waals surface area (Å²) in [7, 11) is 1.85. The fraction of sp³-hybridized carbons (Fsp3) is 0.500. The van der Waals surface area contributed by atoms with E-state index < -0.39 is 5.92 Å². The Bertz CT molecular complexity index is 435. The fourth-order valence-corrected chi connectivity index (χ4v) is 2.19. The number of likely N-dealkylation sites (tertiary alicyclic amines) is 1. The molecule has 1 aromatic rings. The van der Waals surface area contributed by atoms with Gasteiger partial charge in [-0.25, -0.2) is 8.78 Å². The molecular formula is C14H18F2N2O. The molecule has 1 heterocycles. The lowest BCUT2D eigenvalue weighted by molar-refractivity contribution is -0.0494. The van der Waals surface area contributed by atoms with E-state index in [0.29, 0.717) is 5.56 Å². The summed E-state index contributed by atoms with van der Waals surface area (Å²) in [5, 5.41) is 3.03. The average Bonchev–Trinajstić information content (AvgIpc) is 2.39. The Balaban J connectivity index is 2.00. The lowest BCUT2D eigenvalue weighted by atomic mass is 10.0. The summed E-state index contributed by atoms with van der Waals surface area (Å²) in [6, 6.07) is 7.26.